The summed E-state index contributed by atoms with van der Waals surface area (Å²) in [5, 5.41) is 7.11. The van der Waals surface area contributed by atoms with Gasteiger partial charge in [-0.25, -0.2) is 0 Å². The lowest BCUT2D eigenvalue weighted by molar-refractivity contribution is 0.195. The van der Waals surface area contributed by atoms with E-state index >= 15 is 0 Å². The zero-order valence-corrected chi connectivity index (χ0v) is 10.8. The molecule has 0 atom stereocenters. The van der Waals surface area contributed by atoms with Crippen molar-refractivity contribution in [3.05, 3.63) is 0 Å². The van der Waals surface area contributed by atoms with Crippen LogP contribution in [0.2, 0.25) is 0 Å². The maximum atomic E-state index is 5.12. The summed E-state index contributed by atoms with van der Waals surface area (Å²) in [6, 6.07) is 0. The molecule has 90 valence electrons. The van der Waals surface area contributed by atoms with Crippen molar-refractivity contribution in [1.29, 1.82) is 0 Å². The van der Waals surface area contributed by atoms with Gasteiger partial charge in [0.15, 0.2) is 5.11 Å². The maximum Gasteiger partial charge on any atom is 0.166 e. The van der Waals surface area contributed by atoms with Crippen molar-refractivity contribution in [3.63, 3.8) is 0 Å². The number of thiocarbonyl (C=S) groups is 1. The molecule has 0 bridgehead atoms. The fourth-order valence-electron chi connectivity index (χ4n) is 1.23. The number of hydrogen-bond donors (Lipinski definition) is 2. The summed E-state index contributed by atoms with van der Waals surface area (Å²) >= 11 is 5.12. The molecule has 0 aliphatic carbocycles. The van der Waals surface area contributed by atoms with Gasteiger partial charge in [0.25, 0.3) is 0 Å². The number of nitrogens with one attached hydrogen (secondary N) is 2. The highest BCUT2D eigenvalue weighted by atomic mass is 32.1. The van der Waals surface area contributed by atoms with Gasteiger partial charge in [0.1, 0.15) is 0 Å². The van der Waals surface area contributed by atoms with E-state index in [1.807, 2.05) is 0 Å². The number of rotatable bonds is 9. The SMILES string of the molecule is CCCCCCNC(=S)NCCCOC. The Bertz CT molecular complexity index is 154. The first-order valence-electron chi connectivity index (χ1n) is 5.82. The number of ether oxygens (including phenoxy) is 1. The summed E-state index contributed by atoms with van der Waals surface area (Å²) in [4.78, 5) is 0. The highest BCUT2D eigenvalue weighted by molar-refractivity contribution is 7.80. The predicted molar refractivity (Wildman–Crippen MR) is 69.2 cm³/mol. The zero-order valence-electron chi connectivity index (χ0n) is 9.97. The van der Waals surface area contributed by atoms with Gasteiger partial charge in [-0.2, -0.15) is 0 Å². The maximum absolute atomic E-state index is 5.12. The van der Waals surface area contributed by atoms with Crippen molar-refractivity contribution in [1.82, 2.24) is 10.6 Å². The smallest absolute Gasteiger partial charge is 0.166 e. The van der Waals surface area contributed by atoms with E-state index in [-0.39, 0.29) is 0 Å². The average Bonchev–Trinajstić information content (AvgIpc) is 2.24. The summed E-state index contributed by atoms with van der Waals surface area (Å²) < 4.78 is 4.95. The molecule has 0 saturated heterocycles. The van der Waals surface area contributed by atoms with Crippen molar-refractivity contribution in [3.8, 4) is 0 Å². The summed E-state index contributed by atoms with van der Waals surface area (Å²) in [6.07, 6.45) is 6.08. The van der Waals surface area contributed by atoms with E-state index in [4.69, 9.17) is 17.0 Å². The second-order valence-electron chi connectivity index (χ2n) is 3.59. The first-order valence-corrected chi connectivity index (χ1v) is 6.22. The molecule has 0 saturated carbocycles. The standard InChI is InChI=1S/C11H24N2OS/c1-3-4-5-6-8-12-11(15)13-9-7-10-14-2/h3-10H2,1-2H3,(H2,12,13,15). The molecule has 15 heavy (non-hydrogen) atoms. The Labute approximate surface area is 99.0 Å². The number of hydrogen-bond acceptors (Lipinski definition) is 2. The first-order chi connectivity index (χ1) is 7.31. The Hall–Kier alpha value is -0.350. The topological polar surface area (TPSA) is 33.3 Å². The molecule has 0 spiro atoms. The van der Waals surface area contributed by atoms with Gasteiger partial charge in [-0.05, 0) is 25.1 Å². The van der Waals surface area contributed by atoms with Crippen LogP contribution in [-0.2, 0) is 4.74 Å². The average molecular weight is 232 g/mol. The summed E-state index contributed by atoms with van der Waals surface area (Å²) in [5.41, 5.74) is 0. The van der Waals surface area contributed by atoms with Gasteiger partial charge < -0.3 is 15.4 Å². The third kappa shape index (κ3) is 11.6. The number of unbranched alkanes of at least 4 members (excludes halogenated alkanes) is 3. The monoisotopic (exact) mass is 232 g/mol. The minimum absolute atomic E-state index is 0.766. The van der Waals surface area contributed by atoms with E-state index in [1.54, 1.807) is 7.11 Å². The van der Waals surface area contributed by atoms with Gasteiger partial charge in [0.05, 0.1) is 0 Å². The molecule has 0 aromatic rings. The minimum Gasteiger partial charge on any atom is -0.385 e. The molecule has 4 heteroatoms. The van der Waals surface area contributed by atoms with Gasteiger partial charge in [0, 0.05) is 26.8 Å². The lowest BCUT2D eigenvalue weighted by atomic mass is 10.2. The molecule has 0 fully saturated rings. The van der Waals surface area contributed by atoms with Crippen molar-refractivity contribution in [2.75, 3.05) is 26.8 Å². The molecule has 0 unspecified atom stereocenters. The van der Waals surface area contributed by atoms with E-state index in [1.165, 1.54) is 25.7 Å². The lowest BCUT2D eigenvalue weighted by Gasteiger charge is -2.09. The lowest BCUT2D eigenvalue weighted by Crippen LogP contribution is -2.36. The van der Waals surface area contributed by atoms with Crippen LogP contribution in [0.5, 0.6) is 0 Å². The number of methoxy groups -OCH3 is 1. The highest BCUT2D eigenvalue weighted by Gasteiger charge is 1.93. The van der Waals surface area contributed by atoms with Crippen LogP contribution >= 0.6 is 12.2 Å². The van der Waals surface area contributed by atoms with Crippen molar-refractivity contribution >= 4 is 17.3 Å². The Morgan fingerprint density at radius 2 is 1.73 bits per heavy atom. The Morgan fingerprint density at radius 3 is 2.33 bits per heavy atom. The fraction of sp³-hybridized carbons (Fsp3) is 0.909. The van der Waals surface area contributed by atoms with E-state index in [0.29, 0.717) is 0 Å². The first kappa shape index (κ1) is 14.6. The largest absolute Gasteiger partial charge is 0.385 e. The zero-order chi connectivity index (χ0) is 11.4. The van der Waals surface area contributed by atoms with Gasteiger partial charge >= 0.3 is 0 Å². The summed E-state index contributed by atoms with van der Waals surface area (Å²) in [5.74, 6) is 0. The molecular weight excluding hydrogens is 208 g/mol. The van der Waals surface area contributed by atoms with Crippen LogP contribution in [0.15, 0.2) is 0 Å². The van der Waals surface area contributed by atoms with E-state index in [2.05, 4.69) is 17.6 Å². The van der Waals surface area contributed by atoms with Crippen LogP contribution < -0.4 is 10.6 Å². The molecule has 0 rings (SSSR count). The van der Waals surface area contributed by atoms with Crippen LogP contribution in [0.3, 0.4) is 0 Å². The van der Waals surface area contributed by atoms with Crippen LogP contribution in [-0.4, -0.2) is 31.9 Å². The van der Waals surface area contributed by atoms with Gasteiger partial charge in [-0.15, -0.1) is 0 Å². The molecule has 3 nitrogen and oxygen atoms in total. The summed E-state index contributed by atoms with van der Waals surface area (Å²) in [7, 11) is 1.71. The second-order valence-corrected chi connectivity index (χ2v) is 4.00. The predicted octanol–water partition coefficient (Wildman–Crippen LogP) is 2.07. The molecule has 0 aromatic carbocycles. The van der Waals surface area contributed by atoms with Crippen molar-refractivity contribution in [2.24, 2.45) is 0 Å². The molecular formula is C11H24N2OS. The molecule has 0 aliphatic rings. The third-order valence-corrected chi connectivity index (χ3v) is 2.42. The van der Waals surface area contributed by atoms with Crippen LogP contribution in [0.4, 0.5) is 0 Å². The minimum atomic E-state index is 0.766. The molecule has 0 amide bonds. The van der Waals surface area contributed by atoms with E-state index in [0.717, 1.165) is 31.2 Å². The molecule has 0 aromatic heterocycles. The highest BCUT2D eigenvalue weighted by Crippen LogP contribution is 1.96. The quantitative estimate of drug-likeness (QED) is 0.471. The van der Waals surface area contributed by atoms with Crippen molar-refractivity contribution < 1.29 is 4.74 Å². The van der Waals surface area contributed by atoms with Gasteiger partial charge in [-0.1, -0.05) is 26.2 Å². The van der Waals surface area contributed by atoms with Crippen LogP contribution in [0.1, 0.15) is 39.0 Å². The van der Waals surface area contributed by atoms with Gasteiger partial charge in [0.2, 0.25) is 0 Å². The Morgan fingerprint density at radius 1 is 1.07 bits per heavy atom. The summed E-state index contributed by atoms with van der Waals surface area (Å²) in [6.45, 7) is 4.87. The molecule has 0 radical (unpaired) electrons. The van der Waals surface area contributed by atoms with Crippen LogP contribution in [0, 0.1) is 0 Å². The molecule has 0 heterocycles. The Balaban J connectivity index is 3.11. The van der Waals surface area contributed by atoms with Gasteiger partial charge in [-0.3, -0.25) is 0 Å². The fourth-order valence-corrected chi connectivity index (χ4v) is 1.44. The normalized spacial score (nSPS) is 10.0. The van der Waals surface area contributed by atoms with E-state index < -0.39 is 0 Å². The second kappa shape index (κ2) is 11.7. The van der Waals surface area contributed by atoms with E-state index in [9.17, 15) is 0 Å². The Kier molecular flexibility index (Phi) is 11.4. The van der Waals surface area contributed by atoms with Crippen LogP contribution in [0.25, 0.3) is 0 Å². The molecule has 2 N–H and O–H groups in total. The molecule has 0 aliphatic heterocycles. The van der Waals surface area contributed by atoms with Crippen molar-refractivity contribution in [2.45, 2.75) is 39.0 Å². The third-order valence-electron chi connectivity index (χ3n) is 2.13.